The van der Waals surface area contributed by atoms with Gasteiger partial charge in [-0.1, -0.05) is 59.6 Å². The van der Waals surface area contributed by atoms with E-state index in [1.165, 1.54) is 60.1 Å². The van der Waals surface area contributed by atoms with Crippen LogP contribution in [0, 0.1) is 6.92 Å². The van der Waals surface area contributed by atoms with Crippen molar-refractivity contribution in [1.29, 1.82) is 0 Å². The van der Waals surface area contributed by atoms with Crippen LogP contribution in [-0.4, -0.2) is 63.2 Å². The van der Waals surface area contributed by atoms with E-state index in [1.54, 1.807) is 30.3 Å². The van der Waals surface area contributed by atoms with Gasteiger partial charge in [-0.15, -0.1) is 4.33 Å². The Balaban J connectivity index is 1.31. The van der Waals surface area contributed by atoms with Crippen molar-refractivity contribution in [2.45, 2.75) is 16.7 Å². The van der Waals surface area contributed by atoms with Gasteiger partial charge in [0.1, 0.15) is 10.6 Å². The number of hydrogen-bond donors (Lipinski definition) is 7. The summed E-state index contributed by atoms with van der Waals surface area (Å²) in [6, 6.07) is 23.1. The molecule has 0 amide bonds. The molecule has 0 saturated heterocycles. The quantitative estimate of drug-likeness (QED) is 0.0151. The van der Waals surface area contributed by atoms with Gasteiger partial charge in [0.15, 0.2) is 11.6 Å². The highest BCUT2D eigenvalue weighted by atomic mass is 32.2. The molecule has 320 valence electrons. The molecule has 0 spiro atoms. The Labute approximate surface area is 361 Å². The van der Waals surface area contributed by atoms with Crippen molar-refractivity contribution >= 4 is 90.6 Å². The van der Waals surface area contributed by atoms with Crippen LogP contribution in [0.3, 0.4) is 0 Å². The first-order valence-corrected chi connectivity index (χ1v) is 21.2. The van der Waals surface area contributed by atoms with E-state index < -0.39 is 49.5 Å². The summed E-state index contributed by atoms with van der Waals surface area (Å²) in [5, 5.41) is 32.2. The van der Waals surface area contributed by atoms with Crippen molar-refractivity contribution in [2.24, 2.45) is 7.05 Å². The van der Waals surface area contributed by atoms with Crippen LogP contribution in [0.15, 0.2) is 112 Å². The molecule has 0 aliphatic heterocycles. The first-order valence-electron chi connectivity index (χ1n) is 18.0. The van der Waals surface area contributed by atoms with E-state index in [1.807, 2.05) is 19.1 Å². The van der Waals surface area contributed by atoms with Crippen molar-refractivity contribution in [3.8, 4) is 22.9 Å². The summed E-state index contributed by atoms with van der Waals surface area (Å²) in [5.74, 6) is -1.95. The SMILES string of the molecule is Cc1ccccc1Nc1nc(O)nc(Nc2cc(Nc3ccc4c5c3C(=O)c3ccccc3-c5c(C(=O)c3cccc(OS(=O)O)c3)c(=O)n4C)c(SOOO)cc2S(=O)(=O)O)n1. The molecule has 1 unspecified atom stereocenters. The van der Waals surface area contributed by atoms with Gasteiger partial charge in [-0.2, -0.15) is 27.6 Å². The largest absolute Gasteiger partial charge is 0.479 e. The molecule has 0 fully saturated rings. The van der Waals surface area contributed by atoms with Crippen LogP contribution in [0.5, 0.6) is 11.8 Å². The molecule has 0 saturated carbocycles. The van der Waals surface area contributed by atoms with Crippen molar-refractivity contribution in [3.05, 3.63) is 135 Å². The molecule has 63 heavy (non-hydrogen) atoms. The molecule has 0 radical (unpaired) electrons. The minimum Gasteiger partial charge on any atom is -0.479 e. The fourth-order valence-electron chi connectivity index (χ4n) is 7.07. The summed E-state index contributed by atoms with van der Waals surface area (Å²) in [5.41, 5.74) is 0.713. The maximum Gasteiger partial charge on any atom is 0.357 e. The third-order valence-corrected chi connectivity index (χ3v) is 11.6. The minimum atomic E-state index is -5.06. The summed E-state index contributed by atoms with van der Waals surface area (Å²) < 4.78 is 67.5. The van der Waals surface area contributed by atoms with Gasteiger partial charge >= 0.3 is 17.4 Å². The van der Waals surface area contributed by atoms with Crippen LogP contribution in [0.1, 0.15) is 37.4 Å². The molecule has 1 aliphatic rings. The zero-order valence-electron chi connectivity index (χ0n) is 32.2. The van der Waals surface area contributed by atoms with Gasteiger partial charge in [0.25, 0.3) is 15.7 Å². The number of aryl methyl sites for hydroxylation is 2. The summed E-state index contributed by atoms with van der Waals surface area (Å²) in [7, 11) is -3.65. The highest BCUT2D eigenvalue weighted by Gasteiger charge is 2.34. The zero-order chi connectivity index (χ0) is 44.7. The van der Waals surface area contributed by atoms with Gasteiger partial charge in [0, 0.05) is 34.8 Å². The summed E-state index contributed by atoms with van der Waals surface area (Å²) >= 11 is -2.41. The normalized spacial score (nSPS) is 12.4. The molecule has 23 heteroatoms. The molecule has 7 aromatic rings. The standard InChI is InChI=1S/C40H29N7O13S3/c1-19-8-3-6-13-24(19)42-38-44-39(46-40(51)45-38)43-27-17-26(29(61-60-59-52)18-30(27)63(55,56)57)41-25-14-15-28-33-31(22-11-4-5-12-23(22)36(49)32(25)33)34(37(50)47(28)2)35(48)20-9-7-10-21(16-20)58-62(53)54/h3-18,41,52H,1-2H3,(H,53,54)(H,55,56,57)(H3,42,43,44,45,46,51). The second kappa shape index (κ2) is 17.0. The number of aromatic nitrogens is 4. The van der Waals surface area contributed by atoms with Gasteiger partial charge in [-0.25, -0.2) is 5.26 Å². The molecular weight excluding hydrogens is 883 g/mol. The summed E-state index contributed by atoms with van der Waals surface area (Å²) in [4.78, 5) is 54.3. The number of ketones is 2. The van der Waals surface area contributed by atoms with E-state index in [0.717, 1.165) is 11.6 Å². The van der Waals surface area contributed by atoms with Crippen LogP contribution in [0.25, 0.3) is 22.0 Å². The Morgan fingerprint density at radius 2 is 1.51 bits per heavy atom. The molecule has 5 aromatic carbocycles. The zero-order valence-corrected chi connectivity index (χ0v) is 34.7. The Morgan fingerprint density at radius 1 is 0.810 bits per heavy atom. The van der Waals surface area contributed by atoms with Gasteiger partial charge in [0.2, 0.25) is 11.9 Å². The van der Waals surface area contributed by atoms with Crippen LogP contribution in [0.4, 0.5) is 34.6 Å². The number of fused-ring (bicyclic) bond motifs is 2. The van der Waals surface area contributed by atoms with E-state index in [2.05, 4.69) is 40.3 Å². The van der Waals surface area contributed by atoms with Gasteiger partial charge < -0.3 is 29.8 Å². The average Bonchev–Trinajstić information content (AvgIpc) is 3.24. The predicted octanol–water partition coefficient (Wildman–Crippen LogP) is 6.60. The highest BCUT2D eigenvalue weighted by Crippen LogP contribution is 2.46. The Morgan fingerprint density at radius 3 is 2.21 bits per heavy atom. The molecular formula is C40H29N7O13S3. The van der Waals surface area contributed by atoms with Gasteiger partial charge in [0.05, 0.1) is 50.6 Å². The number of anilines is 6. The number of aromatic hydroxyl groups is 1. The number of carbonyl (C=O) groups is 2. The minimum absolute atomic E-state index is 0.0171. The topological polar surface area (TPSA) is 291 Å². The smallest absolute Gasteiger partial charge is 0.357 e. The first kappa shape index (κ1) is 42.6. The van der Waals surface area contributed by atoms with Crippen molar-refractivity contribution in [2.75, 3.05) is 16.0 Å². The van der Waals surface area contributed by atoms with E-state index >= 15 is 0 Å². The summed E-state index contributed by atoms with van der Waals surface area (Å²) in [6.45, 7) is 1.82. The number of para-hydroxylation sites is 1. The lowest BCUT2D eigenvalue weighted by Gasteiger charge is -2.26. The lowest BCUT2D eigenvalue weighted by Crippen LogP contribution is -2.29. The van der Waals surface area contributed by atoms with Crippen molar-refractivity contribution < 1.29 is 55.2 Å². The molecule has 2 aromatic heterocycles. The van der Waals surface area contributed by atoms with Gasteiger partial charge in [-0.3, -0.25) is 23.5 Å². The van der Waals surface area contributed by atoms with Crippen LogP contribution in [0.2, 0.25) is 0 Å². The highest BCUT2D eigenvalue weighted by molar-refractivity contribution is 7.94. The molecule has 1 atom stereocenters. The molecule has 8 rings (SSSR count). The monoisotopic (exact) mass is 911 g/mol. The van der Waals surface area contributed by atoms with Crippen LogP contribution >= 0.6 is 12.0 Å². The second-order valence-corrected chi connectivity index (χ2v) is 16.3. The number of benzene rings is 5. The summed E-state index contributed by atoms with van der Waals surface area (Å²) in [6.07, 6.45) is 0. The molecule has 2 heterocycles. The van der Waals surface area contributed by atoms with Crippen LogP contribution < -0.4 is 25.7 Å². The maximum atomic E-state index is 14.6. The van der Waals surface area contributed by atoms with Crippen LogP contribution in [-0.2, 0) is 37.9 Å². The molecule has 7 N–H and O–H groups in total. The molecule has 0 bridgehead atoms. The number of pyridine rings is 1. The Kier molecular flexibility index (Phi) is 11.5. The molecule has 20 nitrogen and oxygen atoms in total. The van der Waals surface area contributed by atoms with Crippen molar-refractivity contribution in [1.82, 2.24) is 19.5 Å². The predicted molar refractivity (Wildman–Crippen MR) is 229 cm³/mol. The van der Waals surface area contributed by atoms with E-state index in [-0.39, 0.29) is 83.9 Å². The van der Waals surface area contributed by atoms with E-state index in [0.29, 0.717) is 17.7 Å². The number of hydrogen-bond acceptors (Lipinski definition) is 18. The third-order valence-electron chi connectivity index (χ3n) is 9.77. The third kappa shape index (κ3) is 8.32. The van der Waals surface area contributed by atoms with E-state index in [4.69, 9.17) is 9.44 Å². The second-order valence-electron chi connectivity index (χ2n) is 13.5. The fourth-order valence-corrected chi connectivity index (χ4v) is 8.54. The average molecular weight is 912 g/mol. The molecule has 1 aliphatic carbocycles. The lowest BCUT2D eigenvalue weighted by molar-refractivity contribution is -0.432. The number of rotatable bonds is 14. The number of nitrogens with zero attached hydrogens (tertiary/aromatic N) is 4. The Bertz CT molecular complexity index is 3260. The van der Waals surface area contributed by atoms with E-state index in [9.17, 15) is 41.2 Å². The number of nitrogens with one attached hydrogen (secondary N) is 3. The lowest BCUT2D eigenvalue weighted by atomic mass is 9.80. The maximum absolute atomic E-state index is 14.6. The van der Waals surface area contributed by atoms with Gasteiger partial charge in [-0.05, 0) is 60.5 Å². The fraction of sp³-hybridized carbons (Fsp3) is 0.0500. The first-order chi connectivity index (χ1) is 30.1. The number of carbonyl (C=O) groups excluding carboxylic acids is 2. The Hall–Kier alpha value is -7.09. The van der Waals surface area contributed by atoms with Crippen molar-refractivity contribution in [3.63, 3.8) is 0 Å².